The van der Waals surface area contributed by atoms with Crippen LogP contribution in [0.15, 0.2) is 51.4 Å². The first-order chi connectivity index (χ1) is 19.6. The number of hydrogen-bond acceptors (Lipinski definition) is 8. The van der Waals surface area contributed by atoms with Crippen molar-refractivity contribution >= 4 is 40.8 Å². The molecule has 3 heterocycles. The molecule has 222 valence electrons. The fourth-order valence-corrected chi connectivity index (χ4v) is 6.10. The minimum atomic E-state index is -4.71. The maximum atomic E-state index is 14.0. The van der Waals surface area contributed by atoms with E-state index in [4.69, 9.17) is 16.3 Å². The predicted octanol–water partition coefficient (Wildman–Crippen LogP) is 3.85. The Hall–Kier alpha value is -3.68. The van der Waals surface area contributed by atoms with E-state index in [1.54, 1.807) is 39.0 Å². The topological polar surface area (TPSA) is 117 Å². The Morgan fingerprint density at radius 3 is 2.60 bits per heavy atom. The number of thiazole rings is 1. The van der Waals surface area contributed by atoms with Gasteiger partial charge in [-0.2, -0.15) is 23.4 Å². The lowest BCUT2D eigenvalue weighted by Gasteiger charge is -2.24. The molecule has 1 aromatic heterocycles. The summed E-state index contributed by atoms with van der Waals surface area (Å²) >= 11 is 6.52. The number of halogens is 4. The number of ether oxygens (including phenoxy) is 1. The first kappa shape index (κ1) is 29.8. The number of aliphatic hydroxyl groups is 1. The van der Waals surface area contributed by atoms with Gasteiger partial charge in [-0.3, -0.25) is 9.36 Å². The Bertz CT molecular complexity index is 1780. The number of β-amino-alcohol motifs (C(OH)–C–C–N with tert-alkyl or cyclic N) is 1. The van der Waals surface area contributed by atoms with Crippen LogP contribution in [0.5, 0.6) is 5.88 Å². The molecule has 0 saturated carbocycles. The van der Waals surface area contributed by atoms with Crippen LogP contribution in [-0.4, -0.2) is 56.8 Å². The molecule has 5 rings (SSSR count). The lowest BCUT2D eigenvalue weighted by Crippen LogP contribution is -2.36. The van der Waals surface area contributed by atoms with E-state index in [2.05, 4.69) is 10.2 Å². The molecular formula is C28H26ClF3N4O5S. The number of aromatic nitrogens is 1. The lowest BCUT2D eigenvalue weighted by molar-refractivity contribution is -0.138. The van der Waals surface area contributed by atoms with Gasteiger partial charge in [0, 0.05) is 23.6 Å². The average molecular weight is 623 g/mol. The number of amides is 1. The molecule has 1 fully saturated rings. The van der Waals surface area contributed by atoms with Crippen molar-refractivity contribution in [2.24, 2.45) is 10.2 Å². The van der Waals surface area contributed by atoms with Crippen LogP contribution in [0.25, 0.3) is 5.57 Å². The first-order valence-corrected chi connectivity index (χ1v) is 14.0. The summed E-state index contributed by atoms with van der Waals surface area (Å²) in [6.07, 6.45) is -5.43. The summed E-state index contributed by atoms with van der Waals surface area (Å²) < 4.78 is 48.3. The maximum absolute atomic E-state index is 14.0. The molecule has 2 aliphatic heterocycles. The highest BCUT2D eigenvalue weighted by Gasteiger charge is 2.40. The molecule has 0 unspecified atom stereocenters. The van der Waals surface area contributed by atoms with E-state index in [0.29, 0.717) is 27.5 Å². The summed E-state index contributed by atoms with van der Waals surface area (Å²) in [5.74, 6) is -0.531. The Morgan fingerprint density at radius 2 is 1.90 bits per heavy atom. The number of likely N-dealkylation sites (tertiary alicyclic amines) is 1. The lowest BCUT2D eigenvalue weighted by atomic mass is 9.96. The molecule has 14 heteroatoms. The van der Waals surface area contributed by atoms with Crippen molar-refractivity contribution in [2.45, 2.75) is 51.1 Å². The monoisotopic (exact) mass is 622 g/mol. The quantitative estimate of drug-likeness (QED) is 0.459. The molecule has 3 aromatic rings. The second kappa shape index (κ2) is 10.9. The number of rotatable bonds is 4. The number of nitrogens with zero attached hydrogens (tertiary/aromatic N) is 4. The van der Waals surface area contributed by atoms with Crippen LogP contribution < -0.4 is 15.4 Å². The van der Waals surface area contributed by atoms with Gasteiger partial charge >= 0.3 is 17.1 Å². The number of benzene rings is 2. The second-order valence-electron chi connectivity index (χ2n) is 11.0. The van der Waals surface area contributed by atoms with E-state index in [1.807, 2.05) is 0 Å². The van der Waals surface area contributed by atoms with Crippen molar-refractivity contribution in [2.75, 3.05) is 13.1 Å². The van der Waals surface area contributed by atoms with E-state index in [9.17, 15) is 33.0 Å². The number of alkyl halides is 3. The highest BCUT2D eigenvalue weighted by molar-refractivity contribution is 7.10. The van der Waals surface area contributed by atoms with Crippen LogP contribution in [-0.2, 0) is 17.3 Å². The Kier molecular flexibility index (Phi) is 7.71. The molecule has 0 bridgehead atoms. The van der Waals surface area contributed by atoms with Crippen LogP contribution in [0, 0.1) is 0 Å². The second-order valence-corrected chi connectivity index (χ2v) is 12.4. The average Bonchev–Trinajstić information content (AvgIpc) is 3.58. The zero-order valence-corrected chi connectivity index (χ0v) is 24.2. The van der Waals surface area contributed by atoms with Gasteiger partial charge in [-0.15, -0.1) is 0 Å². The summed E-state index contributed by atoms with van der Waals surface area (Å²) in [5, 5.41) is 30.9. The molecule has 42 heavy (non-hydrogen) atoms. The van der Waals surface area contributed by atoms with Crippen molar-refractivity contribution in [3.05, 3.63) is 83.2 Å². The Morgan fingerprint density at radius 1 is 1.17 bits per heavy atom. The fourth-order valence-electron chi connectivity index (χ4n) is 4.93. The molecule has 9 nitrogen and oxygen atoms in total. The molecule has 1 saturated heterocycles. The molecule has 1 amide bonds. The van der Waals surface area contributed by atoms with Gasteiger partial charge in [-0.1, -0.05) is 35.1 Å². The fraction of sp³-hybridized carbons (Fsp3) is 0.357. The molecular weight excluding hydrogens is 597 g/mol. The van der Waals surface area contributed by atoms with Gasteiger partial charge in [-0.25, -0.2) is 4.79 Å². The van der Waals surface area contributed by atoms with E-state index >= 15 is 0 Å². The van der Waals surface area contributed by atoms with Crippen LogP contribution in [0.3, 0.4) is 0 Å². The third-order valence-electron chi connectivity index (χ3n) is 6.82. The van der Waals surface area contributed by atoms with Crippen LogP contribution in [0.4, 0.5) is 18.0 Å². The summed E-state index contributed by atoms with van der Waals surface area (Å²) in [4.78, 5) is 26.5. The van der Waals surface area contributed by atoms with Gasteiger partial charge in [0.2, 0.25) is 5.88 Å². The SMILES string of the molecule is CC(C)(C)OC(=O)N1C[C@H](O)[C@@H](n2c(O)c(C(Cc3ccc(Cl)cc3C(F)(F)F)=c3ccc4c(c3)C=NN=4)sc2=O)C1. The third kappa shape index (κ3) is 5.94. The Labute approximate surface area is 246 Å². The van der Waals surface area contributed by atoms with E-state index in [-0.39, 0.29) is 40.5 Å². The van der Waals surface area contributed by atoms with E-state index in [0.717, 1.165) is 10.6 Å². The number of carbonyl (C=O) groups is 1. The standard InChI is InChI=1S/C28H26ClF3N4O5S/c1-27(2,3)41-25(39)35-12-21(22(37)13-35)36-24(38)23(42-26(36)40)18(14-5-7-20-16(8-14)11-33-34-20)9-15-4-6-17(29)10-19(15)28(30,31)32/h4-8,10-11,21-22,37-38H,9,12-13H2,1-3H3/t21-,22-/m0/s1. The maximum Gasteiger partial charge on any atom is 0.416 e. The summed E-state index contributed by atoms with van der Waals surface area (Å²) in [6, 6.07) is 7.34. The summed E-state index contributed by atoms with van der Waals surface area (Å²) in [6.45, 7) is 4.81. The van der Waals surface area contributed by atoms with Crippen molar-refractivity contribution in [3.63, 3.8) is 0 Å². The molecule has 2 N–H and O–H groups in total. The van der Waals surface area contributed by atoms with E-state index in [1.165, 1.54) is 23.2 Å². The highest BCUT2D eigenvalue weighted by Crippen LogP contribution is 2.38. The molecule has 0 aliphatic carbocycles. The zero-order chi connectivity index (χ0) is 30.6. The number of fused-ring (bicyclic) bond motifs is 1. The van der Waals surface area contributed by atoms with Crippen molar-refractivity contribution in [1.29, 1.82) is 0 Å². The Balaban J connectivity index is 1.62. The van der Waals surface area contributed by atoms with Crippen LogP contribution in [0.2, 0.25) is 5.02 Å². The minimum absolute atomic E-state index is 0.0258. The van der Waals surface area contributed by atoms with Crippen molar-refractivity contribution in [1.82, 2.24) is 9.47 Å². The van der Waals surface area contributed by atoms with Crippen LogP contribution >= 0.6 is 22.9 Å². The number of aromatic hydroxyl groups is 1. The normalized spacial score (nSPS) is 19.1. The summed E-state index contributed by atoms with van der Waals surface area (Å²) in [7, 11) is 0. The van der Waals surface area contributed by atoms with Gasteiger partial charge in [0.25, 0.3) is 0 Å². The molecule has 0 spiro atoms. The molecule has 2 aliphatic rings. The first-order valence-electron chi connectivity index (χ1n) is 12.8. The highest BCUT2D eigenvalue weighted by atomic mass is 35.5. The number of carbonyl (C=O) groups excluding carboxylic acids is 1. The third-order valence-corrected chi connectivity index (χ3v) is 8.06. The van der Waals surface area contributed by atoms with E-state index < -0.39 is 46.3 Å². The van der Waals surface area contributed by atoms with Crippen molar-refractivity contribution in [3.8, 4) is 5.88 Å². The molecule has 0 radical (unpaired) electrons. The van der Waals surface area contributed by atoms with Gasteiger partial charge in [-0.05, 0) is 61.4 Å². The van der Waals surface area contributed by atoms with Gasteiger partial charge in [0.1, 0.15) is 5.60 Å². The minimum Gasteiger partial charge on any atom is -0.493 e. The zero-order valence-electron chi connectivity index (χ0n) is 22.6. The summed E-state index contributed by atoms with van der Waals surface area (Å²) in [5.41, 5.74) is -1.01. The van der Waals surface area contributed by atoms with Crippen LogP contribution in [0.1, 0.15) is 48.4 Å². The van der Waals surface area contributed by atoms with Gasteiger partial charge in [0.15, 0.2) is 0 Å². The largest absolute Gasteiger partial charge is 0.493 e. The van der Waals surface area contributed by atoms with Crippen molar-refractivity contribution < 1.29 is 32.9 Å². The number of hydrogen-bond donors (Lipinski definition) is 2. The smallest absolute Gasteiger partial charge is 0.416 e. The van der Waals surface area contributed by atoms with Gasteiger partial charge < -0.3 is 19.8 Å². The predicted molar refractivity (Wildman–Crippen MR) is 151 cm³/mol. The number of aliphatic hydroxyl groups excluding tert-OH is 1. The molecule has 2 atom stereocenters. The van der Waals surface area contributed by atoms with Gasteiger partial charge in [0.05, 0.1) is 40.7 Å². The molecule has 2 aromatic carbocycles.